The first-order chi connectivity index (χ1) is 5.83. The van der Waals surface area contributed by atoms with E-state index in [4.69, 9.17) is 0 Å². The molecule has 0 aliphatic carbocycles. The highest BCUT2D eigenvalue weighted by molar-refractivity contribution is 7.99. The van der Waals surface area contributed by atoms with E-state index in [9.17, 15) is 0 Å². The zero-order valence-corrected chi connectivity index (χ0v) is 9.20. The summed E-state index contributed by atoms with van der Waals surface area (Å²) in [6.07, 6.45) is 2.83. The van der Waals surface area contributed by atoms with Gasteiger partial charge in [0, 0.05) is 12.3 Å². The van der Waals surface area contributed by atoms with Crippen LogP contribution in [0.25, 0.3) is 0 Å². The van der Waals surface area contributed by atoms with Gasteiger partial charge in [0.15, 0.2) is 0 Å². The highest BCUT2D eigenvalue weighted by Gasteiger charge is 2.14. The van der Waals surface area contributed by atoms with Gasteiger partial charge in [-0.25, -0.2) is 0 Å². The lowest BCUT2D eigenvalue weighted by Crippen LogP contribution is -2.34. The molecular formula is C10H21NS. The summed E-state index contributed by atoms with van der Waals surface area (Å²) in [7, 11) is 0. The molecule has 0 N–H and O–H groups in total. The summed E-state index contributed by atoms with van der Waals surface area (Å²) >= 11 is 2.06. The highest BCUT2D eigenvalue weighted by Crippen LogP contribution is 2.15. The van der Waals surface area contributed by atoms with E-state index in [-0.39, 0.29) is 0 Å². The third-order valence-electron chi connectivity index (χ3n) is 2.63. The SMILES string of the molecule is CCSCCN1CCC(C)CC1. The molecule has 0 aromatic heterocycles. The van der Waals surface area contributed by atoms with Crippen LogP contribution in [0.3, 0.4) is 0 Å². The molecule has 1 saturated heterocycles. The Morgan fingerprint density at radius 2 is 2.00 bits per heavy atom. The topological polar surface area (TPSA) is 3.24 Å². The van der Waals surface area contributed by atoms with Crippen LogP contribution in [0.2, 0.25) is 0 Å². The molecule has 0 radical (unpaired) electrons. The molecule has 1 aliphatic rings. The van der Waals surface area contributed by atoms with E-state index < -0.39 is 0 Å². The Kier molecular flexibility index (Phi) is 5.08. The van der Waals surface area contributed by atoms with Gasteiger partial charge < -0.3 is 4.90 Å². The highest BCUT2D eigenvalue weighted by atomic mass is 32.2. The van der Waals surface area contributed by atoms with Crippen molar-refractivity contribution in [3.63, 3.8) is 0 Å². The molecule has 0 aromatic carbocycles. The number of hydrogen-bond acceptors (Lipinski definition) is 2. The summed E-state index contributed by atoms with van der Waals surface area (Å²) in [5, 5.41) is 0. The number of hydrogen-bond donors (Lipinski definition) is 0. The third kappa shape index (κ3) is 3.81. The van der Waals surface area contributed by atoms with Crippen molar-refractivity contribution in [1.82, 2.24) is 4.90 Å². The second-order valence-corrected chi connectivity index (χ2v) is 5.11. The minimum absolute atomic E-state index is 0.972. The molecule has 0 aromatic rings. The quantitative estimate of drug-likeness (QED) is 0.622. The lowest BCUT2D eigenvalue weighted by atomic mass is 9.99. The van der Waals surface area contributed by atoms with Gasteiger partial charge >= 0.3 is 0 Å². The Balaban J connectivity index is 2.01. The molecular weight excluding hydrogens is 166 g/mol. The molecule has 72 valence electrons. The predicted molar refractivity (Wildman–Crippen MR) is 57.8 cm³/mol. The maximum atomic E-state index is 2.61. The van der Waals surface area contributed by atoms with Gasteiger partial charge in [-0.3, -0.25) is 0 Å². The number of likely N-dealkylation sites (tertiary alicyclic amines) is 1. The van der Waals surface area contributed by atoms with Crippen molar-refractivity contribution in [3.05, 3.63) is 0 Å². The number of thioether (sulfide) groups is 1. The first-order valence-electron chi connectivity index (χ1n) is 5.13. The fourth-order valence-electron chi connectivity index (χ4n) is 1.62. The van der Waals surface area contributed by atoms with Gasteiger partial charge in [-0.05, 0) is 37.6 Å². The summed E-state index contributed by atoms with van der Waals surface area (Å²) in [5.74, 6) is 3.56. The van der Waals surface area contributed by atoms with Crippen molar-refractivity contribution in [1.29, 1.82) is 0 Å². The van der Waals surface area contributed by atoms with Crippen LogP contribution in [-0.4, -0.2) is 36.0 Å². The van der Waals surface area contributed by atoms with Crippen LogP contribution >= 0.6 is 11.8 Å². The molecule has 1 fully saturated rings. The molecule has 0 unspecified atom stereocenters. The molecule has 1 aliphatic heterocycles. The Bertz CT molecular complexity index is 108. The average molecular weight is 187 g/mol. The summed E-state index contributed by atoms with van der Waals surface area (Å²) in [4.78, 5) is 2.61. The molecule has 0 saturated carbocycles. The Morgan fingerprint density at radius 3 is 2.58 bits per heavy atom. The van der Waals surface area contributed by atoms with Crippen molar-refractivity contribution in [2.45, 2.75) is 26.7 Å². The summed E-state index contributed by atoms with van der Waals surface area (Å²) in [6.45, 7) is 8.60. The summed E-state index contributed by atoms with van der Waals surface area (Å²) in [5.41, 5.74) is 0. The van der Waals surface area contributed by atoms with E-state index in [1.165, 1.54) is 44.0 Å². The maximum Gasteiger partial charge on any atom is 0.00723 e. The minimum Gasteiger partial charge on any atom is -0.302 e. The van der Waals surface area contributed by atoms with Crippen LogP contribution < -0.4 is 0 Å². The average Bonchev–Trinajstić information content (AvgIpc) is 2.09. The van der Waals surface area contributed by atoms with Crippen LogP contribution in [0.5, 0.6) is 0 Å². The smallest absolute Gasteiger partial charge is 0.00723 e. The fourth-order valence-corrected chi connectivity index (χ4v) is 2.30. The largest absolute Gasteiger partial charge is 0.302 e. The monoisotopic (exact) mass is 187 g/mol. The second-order valence-electron chi connectivity index (χ2n) is 3.72. The zero-order chi connectivity index (χ0) is 8.81. The molecule has 0 atom stereocenters. The van der Waals surface area contributed by atoms with Gasteiger partial charge in [-0.2, -0.15) is 11.8 Å². The van der Waals surface area contributed by atoms with Crippen molar-refractivity contribution in [3.8, 4) is 0 Å². The van der Waals surface area contributed by atoms with Crippen LogP contribution in [0.15, 0.2) is 0 Å². The van der Waals surface area contributed by atoms with Crippen molar-refractivity contribution in [2.24, 2.45) is 5.92 Å². The van der Waals surface area contributed by atoms with Crippen molar-refractivity contribution >= 4 is 11.8 Å². The fraction of sp³-hybridized carbons (Fsp3) is 1.00. The second kappa shape index (κ2) is 5.87. The van der Waals surface area contributed by atoms with Crippen LogP contribution in [0, 0.1) is 5.92 Å². The maximum absolute atomic E-state index is 2.61. The summed E-state index contributed by atoms with van der Waals surface area (Å²) < 4.78 is 0. The van der Waals surface area contributed by atoms with Gasteiger partial charge in [0.1, 0.15) is 0 Å². The van der Waals surface area contributed by atoms with E-state index in [1.54, 1.807) is 0 Å². The first-order valence-corrected chi connectivity index (χ1v) is 6.28. The Hall–Kier alpha value is 0.310. The van der Waals surface area contributed by atoms with E-state index in [2.05, 4.69) is 30.5 Å². The van der Waals surface area contributed by atoms with Gasteiger partial charge in [0.05, 0.1) is 0 Å². The number of piperidine rings is 1. The molecule has 1 rings (SSSR count). The normalized spacial score (nSPS) is 21.5. The lowest BCUT2D eigenvalue weighted by Gasteiger charge is -2.29. The van der Waals surface area contributed by atoms with Crippen LogP contribution in [-0.2, 0) is 0 Å². The van der Waals surface area contributed by atoms with Gasteiger partial charge in [-0.1, -0.05) is 13.8 Å². The summed E-state index contributed by atoms with van der Waals surface area (Å²) in [6, 6.07) is 0. The number of rotatable bonds is 4. The van der Waals surface area contributed by atoms with Gasteiger partial charge in [0.2, 0.25) is 0 Å². The first kappa shape index (κ1) is 10.4. The van der Waals surface area contributed by atoms with E-state index >= 15 is 0 Å². The standard InChI is InChI=1S/C10H21NS/c1-3-12-9-8-11-6-4-10(2)5-7-11/h10H,3-9H2,1-2H3. The third-order valence-corrected chi connectivity index (χ3v) is 3.51. The molecule has 2 heteroatoms. The van der Waals surface area contributed by atoms with E-state index in [0.29, 0.717) is 0 Å². The van der Waals surface area contributed by atoms with E-state index in [0.717, 1.165) is 5.92 Å². The van der Waals surface area contributed by atoms with Crippen LogP contribution in [0.4, 0.5) is 0 Å². The minimum atomic E-state index is 0.972. The molecule has 0 spiro atoms. The molecule has 12 heavy (non-hydrogen) atoms. The molecule has 0 bridgehead atoms. The Labute approximate surface area is 80.9 Å². The van der Waals surface area contributed by atoms with Crippen molar-refractivity contribution in [2.75, 3.05) is 31.1 Å². The molecule has 1 nitrogen and oxygen atoms in total. The Morgan fingerprint density at radius 1 is 1.33 bits per heavy atom. The van der Waals surface area contributed by atoms with E-state index in [1.807, 2.05) is 0 Å². The zero-order valence-electron chi connectivity index (χ0n) is 8.38. The van der Waals surface area contributed by atoms with Crippen molar-refractivity contribution < 1.29 is 0 Å². The van der Waals surface area contributed by atoms with Gasteiger partial charge in [-0.15, -0.1) is 0 Å². The molecule has 0 amide bonds. The lowest BCUT2D eigenvalue weighted by molar-refractivity contribution is 0.203. The van der Waals surface area contributed by atoms with Gasteiger partial charge in [0.25, 0.3) is 0 Å². The predicted octanol–water partition coefficient (Wildman–Crippen LogP) is 2.47. The molecule has 1 heterocycles. The number of nitrogens with zero attached hydrogens (tertiary/aromatic N) is 1. The van der Waals surface area contributed by atoms with Crippen LogP contribution in [0.1, 0.15) is 26.7 Å².